The van der Waals surface area contributed by atoms with E-state index >= 15 is 0 Å². The minimum atomic E-state index is -0.235. The van der Waals surface area contributed by atoms with Crippen LogP contribution in [0.3, 0.4) is 0 Å². The number of methoxy groups -OCH3 is 1. The lowest BCUT2D eigenvalue weighted by molar-refractivity contribution is 0.0932. The predicted molar refractivity (Wildman–Crippen MR) is 107 cm³/mol. The van der Waals surface area contributed by atoms with Crippen LogP contribution in [0, 0.1) is 6.92 Å². The molecule has 1 aromatic heterocycles. The van der Waals surface area contributed by atoms with E-state index in [1.54, 1.807) is 13.2 Å². The normalized spacial score (nSPS) is 14.1. The van der Waals surface area contributed by atoms with E-state index in [1.807, 2.05) is 19.1 Å². The van der Waals surface area contributed by atoms with Crippen molar-refractivity contribution in [3.05, 3.63) is 41.7 Å². The molecule has 1 aromatic carbocycles. The fourth-order valence-corrected chi connectivity index (χ4v) is 3.13. The van der Waals surface area contributed by atoms with E-state index in [0.29, 0.717) is 24.8 Å². The number of rotatable bonds is 7. The lowest BCUT2D eigenvalue weighted by Crippen LogP contribution is -2.29. The molecule has 1 aliphatic rings. The Morgan fingerprint density at radius 3 is 2.59 bits per heavy atom. The second-order valence-electron chi connectivity index (χ2n) is 6.69. The van der Waals surface area contributed by atoms with Crippen molar-refractivity contribution >= 4 is 23.2 Å². The molecule has 2 heterocycles. The molecule has 2 aromatic rings. The van der Waals surface area contributed by atoms with Crippen molar-refractivity contribution in [2.24, 2.45) is 0 Å². The summed E-state index contributed by atoms with van der Waals surface area (Å²) in [5, 5.41) is 5.97. The van der Waals surface area contributed by atoms with E-state index in [9.17, 15) is 4.79 Å². The van der Waals surface area contributed by atoms with E-state index in [0.717, 1.165) is 24.5 Å². The van der Waals surface area contributed by atoms with Crippen LogP contribution in [0.4, 0.5) is 17.3 Å². The van der Waals surface area contributed by atoms with Crippen LogP contribution in [-0.4, -0.2) is 49.2 Å². The van der Waals surface area contributed by atoms with Gasteiger partial charge in [-0.05, 0) is 56.5 Å². The summed E-state index contributed by atoms with van der Waals surface area (Å²) in [5.41, 5.74) is 3.20. The first kappa shape index (κ1) is 19.1. The minimum Gasteiger partial charge on any atom is -0.383 e. The van der Waals surface area contributed by atoms with Gasteiger partial charge in [0, 0.05) is 43.8 Å². The Kier molecular flexibility index (Phi) is 6.59. The van der Waals surface area contributed by atoms with Crippen LogP contribution < -0.4 is 15.5 Å². The monoisotopic (exact) mass is 369 g/mol. The number of aromatic nitrogens is 2. The summed E-state index contributed by atoms with van der Waals surface area (Å²) in [7, 11) is 1.60. The maximum absolute atomic E-state index is 12.2. The van der Waals surface area contributed by atoms with Crippen molar-refractivity contribution in [3.63, 3.8) is 0 Å². The first-order valence-electron chi connectivity index (χ1n) is 9.40. The summed E-state index contributed by atoms with van der Waals surface area (Å²) in [5.74, 6) is 0.179. The predicted octanol–water partition coefficient (Wildman–Crippen LogP) is 2.90. The van der Waals surface area contributed by atoms with E-state index < -0.39 is 0 Å². The first-order chi connectivity index (χ1) is 13.2. The van der Waals surface area contributed by atoms with Gasteiger partial charge in [-0.2, -0.15) is 0 Å². The number of anilines is 3. The summed E-state index contributed by atoms with van der Waals surface area (Å²) in [4.78, 5) is 23.3. The smallest absolute Gasteiger partial charge is 0.270 e. The summed E-state index contributed by atoms with van der Waals surface area (Å²) in [6, 6.07) is 9.94. The third-order valence-electron chi connectivity index (χ3n) is 4.52. The molecule has 0 saturated carbocycles. The molecule has 1 fully saturated rings. The second-order valence-corrected chi connectivity index (χ2v) is 6.69. The SMILES string of the molecule is COCCNC(=O)c1cc(C)nc(Nc2ccc(N3CCCCC3)cc2)n1. The number of amides is 1. The molecule has 144 valence electrons. The van der Waals surface area contributed by atoms with Crippen molar-refractivity contribution in [2.45, 2.75) is 26.2 Å². The summed E-state index contributed by atoms with van der Waals surface area (Å²) >= 11 is 0. The maximum Gasteiger partial charge on any atom is 0.270 e. The lowest BCUT2D eigenvalue weighted by Gasteiger charge is -2.28. The van der Waals surface area contributed by atoms with Crippen molar-refractivity contribution in [1.29, 1.82) is 0 Å². The zero-order valence-electron chi connectivity index (χ0n) is 16.0. The number of piperidine rings is 1. The van der Waals surface area contributed by atoms with Crippen molar-refractivity contribution in [2.75, 3.05) is 43.6 Å². The summed E-state index contributed by atoms with van der Waals surface area (Å²) in [6.07, 6.45) is 3.83. The van der Waals surface area contributed by atoms with Gasteiger partial charge in [-0.25, -0.2) is 9.97 Å². The third kappa shape index (κ3) is 5.40. The van der Waals surface area contributed by atoms with E-state index in [1.165, 1.54) is 24.9 Å². The molecule has 1 aliphatic heterocycles. The van der Waals surface area contributed by atoms with E-state index in [2.05, 4.69) is 37.6 Å². The van der Waals surface area contributed by atoms with E-state index in [4.69, 9.17) is 4.74 Å². The van der Waals surface area contributed by atoms with Crippen molar-refractivity contribution in [1.82, 2.24) is 15.3 Å². The number of aryl methyl sites for hydroxylation is 1. The summed E-state index contributed by atoms with van der Waals surface area (Å²) in [6.45, 7) is 4.99. The Morgan fingerprint density at radius 2 is 1.89 bits per heavy atom. The Balaban J connectivity index is 1.66. The molecule has 0 bridgehead atoms. The van der Waals surface area contributed by atoms with Gasteiger partial charge < -0.3 is 20.3 Å². The zero-order chi connectivity index (χ0) is 19.1. The molecule has 3 rings (SSSR count). The minimum absolute atomic E-state index is 0.235. The molecule has 7 heteroatoms. The fraction of sp³-hybridized carbons (Fsp3) is 0.450. The molecule has 1 saturated heterocycles. The standard InChI is InChI=1S/C20H27N5O2/c1-15-14-18(19(26)21-10-13-27-2)24-20(22-15)23-16-6-8-17(9-7-16)25-11-4-3-5-12-25/h6-9,14H,3-5,10-13H2,1-2H3,(H,21,26)(H,22,23,24). The number of ether oxygens (including phenoxy) is 1. The average molecular weight is 369 g/mol. The number of nitrogens with one attached hydrogen (secondary N) is 2. The van der Waals surface area contributed by atoms with Crippen molar-refractivity contribution in [3.8, 4) is 0 Å². The van der Waals surface area contributed by atoms with Crippen LogP contribution in [0.25, 0.3) is 0 Å². The Bertz CT molecular complexity index is 757. The van der Waals surface area contributed by atoms with Crippen LogP contribution in [0.15, 0.2) is 30.3 Å². The van der Waals surface area contributed by atoms with Crippen LogP contribution in [0.1, 0.15) is 35.4 Å². The van der Waals surface area contributed by atoms with Gasteiger partial charge >= 0.3 is 0 Å². The van der Waals surface area contributed by atoms with Crippen LogP contribution in [0.2, 0.25) is 0 Å². The number of carbonyl (C=O) groups excluding carboxylic acids is 1. The van der Waals surface area contributed by atoms with Crippen LogP contribution >= 0.6 is 0 Å². The Hall–Kier alpha value is -2.67. The molecule has 1 amide bonds. The molecule has 0 atom stereocenters. The number of hydrogen-bond acceptors (Lipinski definition) is 6. The van der Waals surface area contributed by atoms with Gasteiger partial charge in [0.1, 0.15) is 5.69 Å². The average Bonchev–Trinajstić information content (AvgIpc) is 2.69. The zero-order valence-corrected chi connectivity index (χ0v) is 16.0. The molecule has 0 spiro atoms. The highest BCUT2D eigenvalue weighted by atomic mass is 16.5. The molecular formula is C20H27N5O2. The Morgan fingerprint density at radius 1 is 1.15 bits per heavy atom. The van der Waals surface area contributed by atoms with Gasteiger partial charge in [-0.1, -0.05) is 0 Å². The van der Waals surface area contributed by atoms with E-state index in [-0.39, 0.29) is 5.91 Å². The molecule has 0 radical (unpaired) electrons. The van der Waals surface area contributed by atoms with Gasteiger partial charge in [-0.15, -0.1) is 0 Å². The second kappa shape index (κ2) is 9.32. The molecule has 27 heavy (non-hydrogen) atoms. The number of nitrogens with zero attached hydrogens (tertiary/aromatic N) is 3. The topological polar surface area (TPSA) is 79.4 Å². The van der Waals surface area contributed by atoms with Gasteiger partial charge in [0.25, 0.3) is 5.91 Å². The highest BCUT2D eigenvalue weighted by Crippen LogP contribution is 2.23. The molecule has 0 aliphatic carbocycles. The van der Waals surface area contributed by atoms with Crippen molar-refractivity contribution < 1.29 is 9.53 Å². The van der Waals surface area contributed by atoms with Gasteiger partial charge in [0.05, 0.1) is 6.61 Å². The number of carbonyl (C=O) groups is 1. The highest BCUT2D eigenvalue weighted by molar-refractivity contribution is 5.92. The Labute approximate surface area is 160 Å². The molecule has 0 unspecified atom stereocenters. The molecular weight excluding hydrogens is 342 g/mol. The summed E-state index contributed by atoms with van der Waals surface area (Å²) < 4.78 is 4.94. The number of hydrogen-bond donors (Lipinski definition) is 2. The maximum atomic E-state index is 12.2. The largest absolute Gasteiger partial charge is 0.383 e. The quantitative estimate of drug-likeness (QED) is 0.731. The van der Waals surface area contributed by atoms with Crippen LogP contribution in [0.5, 0.6) is 0 Å². The van der Waals surface area contributed by atoms with Crippen LogP contribution in [-0.2, 0) is 4.74 Å². The third-order valence-corrected chi connectivity index (χ3v) is 4.52. The first-order valence-corrected chi connectivity index (χ1v) is 9.40. The molecule has 7 nitrogen and oxygen atoms in total. The molecule has 2 N–H and O–H groups in total. The fourth-order valence-electron chi connectivity index (χ4n) is 3.13. The highest BCUT2D eigenvalue weighted by Gasteiger charge is 2.12. The van der Waals surface area contributed by atoms with Gasteiger partial charge in [0.2, 0.25) is 5.95 Å². The number of benzene rings is 1. The van der Waals surface area contributed by atoms with Gasteiger partial charge in [-0.3, -0.25) is 4.79 Å². The van der Waals surface area contributed by atoms with Gasteiger partial charge in [0.15, 0.2) is 0 Å². The lowest BCUT2D eigenvalue weighted by atomic mass is 10.1.